The Labute approximate surface area is 232 Å². The lowest BCUT2D eigenvalue weighted by Gasteiger charge is -2.12. The van der Waals surface area contributed by atoms with E-state index in [-0.39, 0.29) is 12.1 Å². The number of aliphatic carboxylic acids is 1. The molecule has 11 heteroatoms. The van der Waals surface area contributed by atoms with Gasteiger partial charge in [-0.3, -0.25) is 14.9 Å². The molecule has 10 nitrogen and oxygen atoms in total. The first-order valence-corrected chi connectivity index (χ1v) is 12.5. The van der Waals surface area contributed by atoms with Gasteiger partial charge in [-0.15, -0.1) is 0 Å². The Bertz CT molecular complexity index is 1760. The van der Waals surface area contributed by atoms with Crippen molar-refractivity contribution < 1.29 is 19.6 Å². The van der Waals surface area contributed by atoms with Gasteiger partial charge in [0.1, 0.15) is 6.04 Å². The molecular formula is C29H22ClN5O5. The number of benzene rings is 3. The van der Waals surface area contributed by atoms with Gasteiger partial charge in [0, 0.05) is 64.1 Å². The molecule has 3 aromatic carbocycles. The monoisotopic (exact) mass is 555 g/mol. The van der Waals surface area contributed by atoms with Crippen LogP contribution in [0.3, 0.4) is 0 Å². The SMILES string of the molecule is O=C(C=Cc1cn(-c2cccc(Cl)c2)nc1-c1ccc([N+](=O)[O-])cc1)N[C@@H](Cc1c[nH]c2ccccc12)C(=O)O. The van der Waals surface area contributed by atoms with Crippen LogP contribution in [0.4, 0.5) is 5.69 Å². The number of carbonyl (C=O) groups excluding carboxylic acids is 1. The first kappa shape index (κ1) is 26.4. The smallest absolute Gasteiger partial charge is 0.326 e. The van der Waals surface area contributed by atoms with Crippen LogP contribution in [0.1, 0.15) is 11.1 Å². The summed E-state index contributed by atoms with van der Waals surface area (Å²) in [5.74, 6) is -1.76. The van der Waals surface area contributed by atoms with Gasteiger partial charge in [-0.2, -0.15) is 5.10 Å². The van der Waals surface area contributed by atoms with Crippen LogP contribution in [0.2, 0.25) is 5.02 Å². The van der Waals surface area contributed by atoms with Gasteiger partial charge in [-0.25, -0.2) is 9.48 Å². The minimum atomic E-state index is -1.16. The van der Waals surface area contributed by atoms with Gasteiger partial charge in [0.2, 0.25) is 5.91 Å². The van der Waals surface area contributed by atoms with Crippen molar-refractivity contribution in [1.82, 2.24) is 20.1 Å². The number of nitrogens with one attached hydrogen (secondary N) is 2. The van der Waals surface area contributed by atoms with Crippen molar-refractivity contribution in [1.29, 1.82) is 0 Å². The summed E-state index contributed by atoms with van der Waals surface area (Å²) in [6, 6.07) is 19.3. The van der Waals surface area contributed by atoms with Gasteiger partial charge in [-0.1, -0.05) is 35.9 Å². The molecule has 1 atom stereocenters. The number of hydrogen-bond donors (Lipinski definition) is 3. The number of carbonyl (C=O) groups is 2. The van der Waals surface area contributed by atoms with Crippen molar-refractivity contribution in [2.75, 3.05) is 0 Å². The van der Waals surface area contributed by atoms with Gasteiger partial charge in [0.25, 0.3) is 5.69 Å². The molecule has 0 fully saturated rings. The summed E-state index contributed by atoms with van der Waals surface area (Å²) in [4.78, 5) is 38.5. The number of hydrogen-bond acceptors (Lipinski definition) is 5. The largest absolute Gasteiger partial charge is 0.480 e. The number of aromatic nitrogens is 3. The summed E-state index contributed by atoms with van der Waals surface area (Å²) in [5, 5.41) is 29.4. The van der Waals surface area contributed by atoms with Crippen molar-refractivity contribution in [2.45, 2.75) is 12.5 Å². The van der Waals surface area contributed by atoms with Crippen LogP contribution in [0.15, 0.2) is 91.3 Å². The Morgan fingerprint density at radius 3 is 2.62 bits per heavy atom. The number of amides is 1. The quantitative estimate of drug-likeness (QED) is 0.126. The first-order chi connectivity index (χ1) is 19.3. The van der Waals surface area contributed by atoms with Crippen molar-refractivity contribution in [3.63, 3.8) is 0 Å². The summed E-state index contributed by atoms with van der Waals surface area (Å²) in [7, 11) is 0. The molecule has 0 aliphatic rings. The van der Waals surface area contributed by atoms with Crippen molar-refractivity contribution in [2.24, 2.45) is 0 Å². The molecule has 0 saturated carbocycles. The Balaban J connectivity index is 1.41. The fourth-order valence-corrected chi connectivity index (χ4v) is 4.52. The molecule has 0 aliphatic carbocycles. The van der Waals surface area contributed by atoms with Crippen LogP contribution in [0.5, 0.6) is 0 Å². The number of nitro groups is 1. The van der Waals surface area contributed by atoms with E-state index in [0.717, 1.165) is 16.5 Å². The molecule has 40 heavy (non-hydrogen) atoms. The Morgan fingerprint density at radius 1 is 1.12 bits per heavy atom. The fraction of sp³-hybridized carbons (Fsp3) is 0.0690. The third kappa shape index (κ3) is 5.77. The van der Waals surface area contributed by atoms with E-state index in [0.29, 0.717) is 27.5 Å². The second kappa shape index (κ2) is 11.3. The van der Waals surface area contributed by atoms with Gasteiger partial charge >= 0.3 is 5.97 Å². The van der Waals surface area contributed by atoms with E-state index in [1.165, 1.54) is 24.3 Å². The average molecular weight is 556 g/mol. The van der Waals surface area contributed by atoms with Crippen molar-refractivity contribution >= 4 is 46.1 Å². The maximum Gasteiger partial charge on any atom is 0.326 e. The Hall–Kier alpha value is -5.22. The summed E-state index contributed by atoms with van der Waals surface area (Å²) >= 11 is 6.14. The van der Waals surface area contributed by atoms with Gasteiger partial charge < -0.3 is 15.4 Å². The highest BCUT2D eigenvalue weighted by Crippen LogP contribution is 2.27. The summed E-state index contributed by atoms with van der Waals surface area (Å²) < 4.78 is 1.58. The number of non-ortho nitro benzene ring substituents is 1. The summed E-state index contributed by atoms with van der Waals surface area (Å²) in [6.07, 6.45) is 6.28. The first-order valence-electron chi connectivity index (χ1n) is 12.2. The van der Waals surface area contributed by atoms with Crippen LogP contribution in [-0.2, 0) is 16.0 Å². The number of nitro benzene ring substituents is 1. The van der Waals surface area contributed by atoms with Crippen molar-refractivity contribution in [3.8, 4) is 16.9 Å². The highest BCUT2D eigenvalue weighted by Gasteiger charge is 2.21. The van der Waals surface area contributed by atoms with E-state index >= 15 is 0 Å². The van der Waals surface area contributed by atoms with Crippen LogP contribution in [0.25, 0.3) is 33.9 Å². The van der Waals surface area contributed by atoms with E-state index in [1.807, 2.05) is 24.3 Å². The van der Waals surface area contributed by atoms with Crippen LogP contribution in [-0.4, -0.2) is 42.7 Å². The molecule has 0 saturated heterocycles. The fourth-order valence-electron chi connectivity index (χ4n) is 4.33. The van der Waals surface area contributed by atoms with Gasteiger partial charge in [-0.05, 0) is 48.0 Å². The third-order valence-corrected chi connectivity index (χ3v) is 6.53. The highest BCUT2D eigenvalue weighted by molar-refractivity contribution is 6.30. The second-order valence-corrected chi connectivity index (χ2v) is 9.39. The predicted octanol–water partition coefficient (Wildman–Crippen LogP) is 5.41. The summed E-state index contributed by atoms with van der Waals surface area (Å²) in [6.45, 7) is 0. The number of H-pyrrole nitrogens is 1. The summed E-state index contributed by atoms with van der Waals surface area (Å²) in [5.41, 5.74) is 3.85. The average Bonchev–Trinajstić information content (AvgIpc) is 3.56. The third-order valence-electron chi connectivity index (χ3n) is 6.29. The number of fused-ring (bicyclic) bond motifs is 1. The lowest BCUT2D eigenvalue weighted by Crippen LogP contribution is -2.41. The zero-order chi connectivity index (χ0) is 28.2. The van der Waals surface area contributed by atoms with Crippen LogP contribution >= 0.6 is 11.6 Å². The molecule has 5 rings (SSSR count). The molecule has 0 radical (unpaired) electrons. The van der Waals surface area contributed by atoms with Crippen LogP contribution in [0, 0.1) is 10.1 Å². The number of para-hydroxylation sites is 1. The van der Waals surface area contributed by atoms with Crippen LogP contribution < -0.4 is 5.32 Å². The van der Waals surface area contributed by atoms with Gasteiger partial charge in [0.05, 0.1) is 16.3 Å². The van der Waals surface area contributed by atoms with E-state index in [4.69, 9.17) is 11.6 Å². The topological polar surface area (TPSA) is 143 Å². The molecule has 5 aromatic rings. The normalized spacial score (nSPS) is 12.0. The molecule has 0 unspecified atom stereocenters. The second-order valence-electron chi connectivity index (χ2n) is 8.96. The van der Waals surface area contributed by atoms with E-state index < -0.39 is 22.8 Å². The van der Waals surface area contributed by atoms with E-state index in [1.54, 1.807) is 53.5 Å². The molecule has 200 valence electrons. The Kier molecular flexibility index (Phi) is 7.43. The van der Waals surface area contributed by atoms with E-state index in [2.05, 4.69) is 15.4 Å². The lowest BCUT2D eigenvalue weighted by atomic mass is 10.0. The molecule has 0 bridgehead atoms. The molecule has 0 spiro atoms. The molecule has 3 N–H and O–H groups in total. The zero-order valence-corrected chi connectivity index (χ0v) is 21.6. The number of carboxylic acids is 1. The minimum Gasteiger partial charge on any atom is -0.480 e. The lowest BCUT2D eigenvalue weighted by molar-refractivity contribution is -0.384. The zero-order valence-electron chi connectivity index (χ0n) is 20.8. The number of halogens is 1. The van der Waals surface area contributed by atoms with Gasteiger partial charge in [0.15, 0.2) is 0 Å². The molecule has 1 amide bonds. The number of nitrogens with zero attached hydrogens (tertiary/aromatic N) is 3. The predicted molar refractivity (Wildman–Crippen MR) is 151 cm³/mol. The number of carboxylic acid groups (broad SMARTS) is 1. The molecular weight excluding hydrogens is 534 g/mol. The number of aromatic amines is 1. The maximum absolute atomic E-state index is 12.8. The van der Waals surface area contributed by atoms with Crippen molar-refractivity contribution in [3.05, 3.63) is 118 Å². The molecule has 2 aromatic heterocycles. The molecule has 0 aliphatic heterocycles. The maximum atomic E-state index is 12.8. The standard InChI is InChI=1S/C29H22ClN5O5/c30-21-4-3-5-23(15-21)34-17-19(28(33-34)18-8-11-22(12-9-18)35(39)40)10-13-27(36)32-26(29(37)38)14-20-16-31-25-7-2-1-6-24(20)25/h1-13,15-17,26,31H,14H2,(H,32,36)(H,37,38)/t26-/m0/s1. The Morgan fingerprint density at radius 2 is 1.90 bits per heavy atom. The minimum absolute atomic E-state index is 0.0654. The molecule has 2 heterocycles. The number of rotatable bonds is 9. The highest BCUT2D eigenvalue weighted by atomic mass is 35.5. The van der Waals surface area contributed by atoms with E-state index in [9.17, 15) is 24.8 Å².